The van der Waals surface area contributed by atoms with Gasteiger partial charge in [-0.15, -0.1) is 12.6 Å². The van der Waals surface area contributed by atoms with Gasteiger partial charge in [-0.25, -0.2) is 8.42 Å². The Morgan fingerprint density at radius 1 is 1.20 bits per heavy atom. The maximum Gasteiger partial charge on any atom is 0.320 e. The van der Waals surface area contributed by atoms with Gasteiger partial charge in [-0.2, -0.15) is 0 Å². The molecule has 1 atom stereocenters. The Balaban J connectivity index is 2.14. The van der Waals surface area contributed by atoms with E-state index in [9.17, 15) is 18.0 Å². The number of guanidine groups is 1. The fourth-order valence-electron chi connectivity index (χ4n) is 3.05. The third-order valence-corrected chi connectivity index (χ3v) is 7.93. The fraction of sp³-hybridized carbons (Fsp3) is 0.286. The summed E-state index contributed by atoms with van der Waals surface area (Å²) in [5.41, 5.74) is 12.1. The zero-order valence-corrected chi connectivity index (χ0v) is 21.6. The van der Waals surface area contributed by atoms with E-state index in [0.717, 1.165) is 10.5 Å². The molecular formula is C21H25Cl2N5O5S2. The summed E-state index contributed by atoms with van der Waals surface area (Å²) in [6.45, 7) is 0.160. The third kappa shape index (κ3) is 8.00. The summed E-state index contributed by atoms with van der Waals surface area (Å²) in [5, 5.41) is 20.3. The number of aliphatic carboxylic acids is 1. The summed E-state index contributed by atoms with van der Waals surface area (Å²) in [7, 11) is -4.16. The zero-order valence-electron chi connectivity index (χ0n) is 18.4. The van der Waals surface area contributed by atoms with Crippen molar-refractivity contribution in [2.24, 2.45) is 11.5 Å². The Bertz CT molecular complexity index is 1230. The Hall–Kier alpha value is -2.51. The number of nitrogens with two attached hydrogens (primary N) is 2. The van der Waals surface area contributed by atoms with Crippen LogP contribution in [0.25, 0.3) is 0 Å². The van der Waals surface area contributed by atoms with Crippen LogP contribution >= 0.6 is 35.8 Å². The first-order chi connectivity index (χ1) is 16.3. The number of benzene rings is 2. The molecule has 14 heteroatoms. The molecule has 2 aromatic rings. The lowest BCUT2D eigenvalue weighted by molar-refractivity contribution is -0.138. The van der Waals surface area contributed by atoms with E-state index < -0.39 is 39.5 Å². The van der Waals surface area contributed by atoms with E-state index in [1.54, 1.807) is 24.3 Å². The highest BCUT2D eigenvalue weighted by atomic mass is 35.5. The summed E-state index contributed by atoms with van der Waals surface area (Å²) < 4.78 is 26.0. The van der Waals surface area contributed by atoms with Crippen molar-refractivity contribution in [1.82, 2.24) is 4.90 Å². The summed E-state index contributed by atoms with van der Waals surface area (Å²) >= 11 is 16.3. The number of rotatable bonds is 11. The van der Waals surface area contributed by atoms with Gasteiger partial charge < -0.3 is 21.9 Å². The summed E-state index contributed by atoms with van der Waals surface area (Å²) in [6, 6.07) is 8.39. The predicted octanol–water partition coefficient (Wildman–Crippen LogP) is 2.58. The number of anilines is 1. The molecule has 0 aromatic heterocycles. The molecule has 0 spiro atoms. The van der Waals surface area contributed by atoms with E-state index in [2.05, 4.69) is 17.9 Å². The van der Waals surface area contributed by atoms with E-state index in [0.29, 0.717) is 22.3 Å². The number of thiol groups is 1. The molecule has 0 bridgehead atoms. The van der Waals surface area contributed by atoms with Crippen LogP contribution in [0.2, 0.25) is 10.0 Å². The van der Waals surface area contributed by atoms with Crippen LogP contribution in [0.15, 0.2) is 46.2 Å². The zero-order chi connectivity index (χ0) is 26.3. The Morgan fingerprint density at radius 3 is 2.49 bits per heavy atom. The average Bonchev–Trinajstić information content (AvgIpc) is 2.77. The highest BCUT2D eigenvalue weighted by Crippen LogP contribution is 2.30. The number of hydrogen-bond acceptors (Lipinski definition) is 8. The van der Waals surface area contributed by atoms with Gasteiger partial charge in [-0.3, -0.25) is 19.9 Å². The van der Waals surface area contributed by atoms with Gasteiger partial charge in [0.05, 0.1) is 14.9 Å². The number of nitrogens with one attached hydrogen (secondary N) is 2. The van der Waals surface area contributed by atoms with E-state index >= 15 is 0 Å². The Labute approximate surface area is 218 Å². The SMILES string of the molecule is N=C(N)N(CCCC(N)C(=O)O)C(=O)CS(=O)(=O)c1cccc(NCc2ccc(Cl)c(Cl)c2)c1S. The highest BCUT2D eigenvalue weighted by molar-refractivity contribution is 7.92. The van der Waals surface area contributed by atoms with Crippen LogP contribution in [-0.4, -0.2) is 54.6 Å². The van der Waals surface area contributed by atoms with Crippen molar-refractivity contribution in [2.75, 3.05) is 17.6 Å². The van der Waals surface area contributed by atoms with E-state index in [1.165, 1.54) is 12.1 Å². The molecule has 0 saturated heterocycles. The molecule has 10 nitrogen and oxygen atoms in total. The highest BCUT2D eigenvalue weighted by Gasteiger charge is 2.27. The number of sulfone groups is 1. The standard InChI is InChI=1S/C21H25Cl2N5O5S2/c22-13-7-6-12(9-14(13)23)10-27-16-4-1-5-17(19(16)34)35(32,33)11-18(29)28(21(25)26)8-2-3-15(24)20(30)31/h1,4-7,9,15,27,34H,2-3,8,10-11,24H2,(H3,25,26)(H,30,31). The molecule has 35 heavy (non-hydrogen) atoms. The molecule has 1 amide bonds. The normalized spacial score (nSPS) is 12.1. The largest absolute Gasteiger partial charge is 0.480 e. The first-order valence-corrected chi connectivity index (χ1v) is 13.0. The molecule has 0 radical (unpaired) electrons. The predicted molar refractivity (Wildman–Crippen MR) is 138 cm³/mol. The first kappa shape index (κ1) is 28.7. The number of nitrogens with zero attached hydrogens (tertiary/aromatic N) is 1. The van der Waals surface area contributed by atoms with Gasteiger partial charge in [0.25, 0.3) is 0 Å². The van der Waals surface area contributed by atoms with Crippen LogP contribution < -0.4 is 16.8 Å². The molecule has 0 fully saturated rings. The second kappa shape index (κ2) is 12.5. The number of carboxylic acid groups (broad SMARTS) is 1. The smallest absolute Gasteiger partial charge is 0.320 e. The average molecular weight is 563 g/mol. The van der Waals surface area contributed by atoms with Crippen LogP contribution in [0, 0.1) is 5.41 Å². The van der Waals surface area contributed by atoms with Crippen molar-refractivity contribution in [3.05, 3.63) is 52.0 Å². The van der Waals surface area contributed by atoms with Gasteiger partial charge in [-0.1, -0.05) is 35.3 Å². The Morgan fingerprint density at radius 2 is 1.89 bits per heavy atom. The molecule has 1 unspecified atom stereocenters. The third-order valence-electron chi connectivity index (χ3n) is 4.92. The minimum atomic E-state index is -4.16. The number of carboxylic acids is 1. The quantitative estimate of drug-likeness (QED) is 0.137. The van der Waals surface area contributed by atoms with Gasteiger partial charge in [0.1, 0.15) is 11.8 Å². The number of carbonyl (C=O) groups excluding carboxylic acids is 1. The minimum Gasteiger partial charge on any atom is -0.480 e. The van der Waals surface area contributed by atoms with E-state index in [-0.39, 0.29) is 29.2 Å². The Kier molecular flexibility index (Phi) is 10.2. The molecule has 0 aliphatic carbocycles. The van der Waals surface area contributed by atoms with Crippen molar-refractivity contribution in [3.8, 4) is 0 Å². The van der Waals surface area contributed by atoms with Crippen LogP contribution in [-0.2, 0) is 26.0 Å². The van der Waals surface area contributed by atoms with E-state index in [1.807, 2.05) is 0 Å². The fourth-order valence-corrected chi connectivity index (χ4v) is 5.35. The number of amides is 1. The van der Waals surface area contributed by atoms with Crippen LogP contribution in [0.3, 0.4) is 0 Å². The van der Waals surface area contributed by atoms with Crippen molar-refractivity contribution in [1.29, 1.82) is 5.41 Å². The summed E-state index contributed by atoms with van der Waals surface area (Å²) in [6.07, 6.45) is 0.136. The molecule has 0 aliphatic heterocycles. The summed E-state index contributed by atoms with van der Waals surface area (Å²) in [5.74, 6) is -3.75. The van der Waals surface area contributed by atoms with Gasteiger partial charge in [0.2, 0.25) is 5.91 Å². The van der Waals surface area contributed by atoms with E-state index in [4.69, 9.17) is 45.2 Å². The summed E-state index contributed by atoms with van der Waals surface area (Å²) in [4.78, 5) is 24.2. The monoisotopic (exact) mass is 561 g/mol. The molecule has 2 aromatic carbocycles. The molecular weight excluding hydrogens is 537 g/mol. The van der Waals surface area contributed by atoms with Crippen molar-refractivity contribution in [2.45, 2.75) is 35.2 Å². The van der Waals surface area contributed by atoms with Crippen molar-refractivity contribution >= 4 is 69.2 Å². The molecule has 2 rings (SSSR count). The molecule has 7 N–H and O–H groups in total. The van der Waals surface area contributed by atoms with Crippen LogP contribution in [0.4, 0.5) is 5.69 Å². The first-order valence-electron chi connectivity index (χ1n) is 10.2. The maximum absolute atomic E-state index is 13.0. The molecule has 0 heterocycles. The van der Waals surface area contributed by atoms with Gasteiger partial charge >= 0.3 is 5.97 Å². The number of carbonyl (C=O) groups is 2. The molecule has 190 valence electrons. The van der Waals surface area contributed by atoms with Crippen LogP contribution in [0.5, 0.6) is 0 Å². The second-order valence-corrected chi connectivity index (χ2v) is 10.8. The van der Waals surface area contributed by atoms with Gasteiger partial charge in [0.15, 0.2) is 15.8 Å². The van der Waals surface area contributed by atoms with Crippen LogP contribution in [0.1, 0.15) is 18.4 Å². The van der Waals surface area contributed by atoms with Crippen molar-refractivity contribution < 1.29 is 23.1 Å². The van der Waals surface area contributed by atoms with Crippen molar-refractivity contribution in [3.63, 3.8) is 0 Å². The number of hydrogen-bond donors (Lipinski definition) is 6. The molecule has 0 saturated carbocycles. The lowest BCUT2D eigenvalue weighted by atomic mass is 10.1. The second-order valence-electron chi connectivity index (χ2n) is 7.53. The van der Waals surface area contributed by atoms with Gasteiger partial charge in [-0.05, 0) is 42.7 Å². The minimum absolute atomic E-state index is 0.0203. The number of halogens is 2. The topological polar surface area (TPSA) is 180 Å². The van der Waals surface area contributed by atoms with Gasteiger partial charge in [0, 0.05) is 23.7 Å². The lowest BCUT2D eigenvalue weighted by Gasteiger charge is -2.21. The molecule has 0 aliphatic rings. The lowest BCUT2D eigenvalue weighted by Crippen LogP contribution is -2.45. The maximum atomic E-state index is 13.0.